The topological polar surface area (TPSA) is 96.8 Å². The smallest absolute Gasteiger partial charge is 0.342 e. The molecule has 0 saturated carbocycles. The number of hydrogen-bond donors (Lipinski definition) is 2. The van der Waals surface area contributed by atoms with Gasteiger partial charge < -0.3 is 24.8 Å². The third-order valence-corrected chi connectivity index (χ3v) is 3.10. The van der Waals surface area contributed by atoms with Gasteiger partial charge in [-0.2, -0.15) is 4.98 Å². The van der Waals surface area contributed by atoms with Crippen LogP contribution in [0.5, 0.6) is 17.4 Å². The first-order chi connectivity index (χ1) is 11.5. The number of carbonyl (C=O) groups is 1. The maximum Gasteiger partial charge on any atom is 0.342 e. The van der Waals surface area contributed by atoms with Gasteiger partial charge in [0.05, 0.1) is 13.3 Å². The van der Waals surface area contributed by atoms with Gasteiger partial charge in [-0.3, -0.25) is 0 Å². The molecular formula is C16H20N4O4. The minimum atomic E-state index is -1.17. The summed E-state index contributed by atoms with van der Waals surface area (Å²) in [5, 5.41) is 12.3. The van der Waals surface area contributed by atoms with E-state index in [1.807, 2.05) is 19.0 Å². The number of hydrogen-bond acceptors (Lipinski definition) is 7. The number of carboxylic acid groups (broad SMARTS) is 1. The van der Waals surface area contributed by atoms with Crippen LogP contribution < -0.4 is 14.8 Å². The van der Waals surface area contributed by atoms with Crippen molar-refractivity contribution in [1.29, 1.82) is 0 Å². The fraction of sp³-hybridized carbons (Fsp3) is 0.312. The van der Waals surface area contributed by atoms with Gasteiger partial charge in [0.2, 0.25) is 11.8 Å². The molecular weight excluding hydrogens is 312 g/mol. The van der Waals surface area contributed by atoms with Gasteiger partial charge in [-0.25, -0.2) is 9.78 Å². The van der Waals surface area contributed by atoms with Crippen molar-refractivity contribution in [2.24, 2.45) is 0 Å². The SMILES string of the molecule is COc1ccccc1Oc1nc(NCCN(C)C)ncc1C(=O)O. The molecule has 128 valence electrons. The highest BCUT2D eigenvalue weighted by molar-refractivity contribution is 5.90. The fourth-order valence-corrected chi connectivity index (χ4v) is 1.87. The zero-order chi connectivity index (χ0) is 17.5. The highest BCUT2D eigenvalue weighted by atomic mass is 16.5. The largest absolute Gasteiger partial charge is 0.493 e. The lowest BCUT2D eigenvalue weighted by Crippen LogP contribution is -2.21. The highest BCUT2D eigenvalue weighted by Crippen LogP contribution is 2.31. The van der Waals surface area contributed by atoms with Crippen LogP contribution in [-0.4, -0.2) is 60.2 Å². The molecule has 1 aromatic heterocycles. The van der Waals surface area contributed by atoms with Crippen LogP contribution >= 0.6 is 0 Å². The summed E-state index contributed by atoms with van der Waals surface area (Å²) in [6.07, 6.45) is 1.22. The van der Waals surface area contributed by atoms with Gasteiger partial charge >= 0.3 is 5.97 Å². The fourth-order valence-electron chi connectivity index (χ4n) is 1.87. The summed E-state index contributed by atoms with van der Waals surface area (Å²) in [6, 6.07) is 6.94. The van der Waals surface area contributed by atoms with Crippen molar-refractivity contribution < 1.29 is 19.4 Å². The summed E-state index contributed by atoms with van der Waals surface area (Å²) in [6.45, 7) is 1.40. The molecule has 2 N–H and O–H groups in total. The van der Waals surface area contributed by atoms with Crippen molar-refractivity contribution in [3.63, 3.8) is 0 Å². The van der Waals surface area contributed by atoms with Crippen LogP contribution in [0.3, 0.4) is 0 Å². The molecule has 0 amide bonds. The number of rotatable bonds is 8. The predicted molar refractivity (Wildman–Crippen MR) is 89.1 cm³/mol. The monoisotopic (exact) mass is 332 g/mol. The average molecular weight is 332 g/mol. The lowest BCUT2D eigenvalue weighted by Gasteiger charge is -2.13. The van der Waals surface area contributed by atoms with Crippen LogP contribution in [0.25, 0.3) is 0 Å². The molecule has 2 aromatic rings. The molecule has 1 aromatic carbocycles. The second kappa shape index (κ2) is 8.11. The van der Waals surface area contributed by atoms with E-state index in [1.165, 1.54) is 13.3 Å². The third kappa shape index (κ3) is 4.56. The number of carboxylic acids is 1. The Kier molecular flexibility index (Phi) is 5.91. The Morgan fingerprint density at radius 1 is 1.29 bits per heavy atom. The van der Waals surface area contributed by atoms with Crippen LogP contribution in [0.2, 0.25) is 0 Å². The number of aromatic nitrogens is 2. The Balaban J connectivity index is 2.26. The minimum Gasteiger partial charge on any atom is -0.493 e. The molecule has 0 radical (unpaired) electrons. The van der Waals surface area contributed by atoms with Gasteiger partial charge in [-0.1, -0.05) is 12.1 Å². The van der Waals surface area contributed by atoms with Gasteiger partial charge in [0.15, 0.2) is 11.5 Å². The van der Waals surface area contributed by atoms with Crippen molar-refractivity contribution in [3.8, 4) is 17.4 Å². The zero-order valence-electron chi connectivity index (χ0n) is 13.8. The number of likely N-dealkylation sites (N-methyl/N-ethyl adjacent to an activating group) is 1. The number of benzene rings is 1. The summed E-state index contributed by atoms with van der Waals surface area (Å²) >= 11 is 0. The van der Waals surface area contributed by atoms with E-state index in [2.05, 4.69) is 15.3 Å². The number of aromatic carboxylic acids is 1. The van der Waals surface area contributed by atoms with Crippen molar-refractivity contribution in [3.05, 3.63) is 36.0 Å². The van der Waals surface area contributed by atoms with Crippen LogP contribution in [0.15, 0.2) is 30.5 Å². The second-order valence-electron chi connectivity index (χ2n) is 5.20. The number of ether oxygens (including phenoxy) is 2. The summed E-state index contributed by atoms with van der Waals surface area (Å²) in [5.41, 5.74) is -0.126. The highest BCUT2D eigenvalue weighted by Gasteiger charge is 2.17. The average Bonchev–Trinajstić information content (AvgIpc) is 2.55. The summed E-state index contributed by atoms with van der Waals surface area (Å²) in [7, 11) is 5.41. The van der Waals surface area contributed by atoms with E-state index in [4.69, 9.17) is 9.47 Å². The molecule has 0 aliphatic heterocycles. The van der Waals surface area contributed by atoms with Crippen LogP contribution in [0.4, 0.5) is 5.95 Å². The number of anilines is 1. The van der Waals surface area contributed by atoms with Gasteiger partial charge in [-0.15, -0.1) is 0 Å². The second-order valence-corrected chi connectivity index (χ2v) is 5.20. The molecule has 0 spiro atoms. The van der Waals surface area contributed by atoms with Crippen LogP contribution in [0.1, 0.15) is 10.4 Å². The Labute approximate surface area is 140 Å². The molecule has 0 unspecified atom stereocenters. The van der Waals surface area contributed by atoms with Gasteiger partial charge in [0, 0.05) is 13.1 Å². The van der Waals surface area contributed by atoms with E-state index in [1.54, 1.807) is 24.3 Å². The van der Waals surface area contributed by atoms with E-state index in [0.717, 1.165) is 6.54 Å². The minimum absolute atomic E-state index is 0.0469. The Hall–Kier alpha value is -2.87. The molecule has 24 heavy (non-hydrogen) atoms. The molecule has 2 rings (SSSR count). The number of nitrogens with one attached hydrogen (secondary N) is 1. The van der Waals surface area contributed by atoms with Gasteiger partial charge in [0.1, 0.15) is 5.56 Å². The molecule has 0 aliphatic rings. The van der Waals surface area contributed by atoms with Crippen LogP contribution in [-0.2, 0) is 0 Å². The quantitative estimate of drug-likeness (QED) is 0.757. The number of nitrogens with zero attached hydrogens (tertiary/aromatic N) is 3. The molecule has 0 saturated heterocycles. The number of para-hydroxylation sites is 2. The Morgan fingerprint density at radius 2 is 2.00 bits per heavy atom. The van der Waals surface area contributed by atoms with Crippen molar-refractivity contribution >= 4 is 11.9 Å². The summed E-state index contributed by atoms with van der Waals surface area (Å²) in [4.78, 5) is 21.5. The predicted octanol–water partition coefficient (Wildman–Crippen LogP) is 1.95. The van der Waals surface area contributed by atoms with E-state index < -0.39 is 5.97 Å². The maximum absolute atomic E-state index is 11.4. The van der Waals surface area contributed by atoms with Crippen molar-refractivity contribution in [1.82, 2.24) is 14.9 Å². The first-order valence-corrected chi connectivity index (χ1v) is 7.31. The van der Waals surface area contributed by atoms with E-state index >= 15 is 0 Å². The van der Waals surface area contributed by atoms with E-state index in [-0.39, 0.29) is 11.4 Å². The summed E-state index contributed by atoms with van der Waals surface area (Å²) < 4.78 is 10.9. The lowest BCUT2D eigenvalue weighted by molar-refractivity contribution is 0.0693. The van der Waals surface area contributed by atoms with Crippen molar-refractivity contribution in [2.45, 2.75) is 0 Å². The third-order valence-electron chi connectivity index (χ3n) is 3.10. The van der Waals surface area contributed by atoms with Crippen LogP contribution in [0, 0.1) is 0 Å². The van der Waals surface area contributed by atoms with Gasteiger partial charge in [0.25, 0.3) is 0 Å². The normalized spacial score (nSPS) is 10.5. The molecule has 8 heteroatoms. The van der Waals surface area contributed by atoms with E-state index in [9.17, 15) is 9.90 Å². The molecule has 0 atom stereocenters. The molecule has 0 bridgehead atoms. The Bertz CT molecular complexity index is 706. The molecule has 0 aliphatic carbocycles. The molecule has 1 heterocycles. The first kappa shape index (κ1) is 17.5. The Morgan fingerprint density at radius 3 is 2.62 bits per heavy atom. The molecule has 8 nitrogen and oxygen atoms in total. The zero-order valence-corrected chi connectivity index (χ0v) is 13.8. The standard InChI is InChI=1S/C16H20N4O4/c1-20(2)9-8-17-16-18-10-11(15(21)22)14(19-16)24-13-7-5-4-6-12(13)23-3/h4-7,10H,8-9H2,1-3H3,(H,21,22)(H,17,18,19). The first-order valence-electron chi connectivity index (χ1n) is 7.31. The summed E-state index contributed by atoms with van der Waals surface area (Å²) in [5.74, 6) is -0.0594. The van der Waals surface area contributed by atoms with E-state index in [0.29, 0.717) is 24.0 Å². The van der Waals surface area contributed by atoms with Gasteiger partial charge in [-0.05, 0) is 26.2 Å². The molecule has 0 fully saturated rings. The lowest BCUT2D eigenvalue weighted by atomic mass is 10.3. The number of methoxy groups -OCH3 is 1. The maximum atomic E-state index is 11.4. The van der Waals surface area contributed by atoms with Crippen molar-refractivity contribution in [2.75, 3.05) is 39.6 Å².